The molecular formula is C19H19BrN2O2S2. The number of halogens is 1. The molecule has 0 aliphatic rings. The van der Waals surface area contributed by atoms with Crippen LogP contribution in [0.1, 0.15) is 16.1 Å². The van der Waals surface area contributed by atoms with Crippen LogP contribution in [-0.2, 0) is 16.4 Å². The van der Waals surface area contributed by atoms with Crippen LogP contribution in [0.15, 0.2) is 57.9 Å². The van der Waals surface area contributed by atoms with Crippen molar-refractivity contribution in [1.29, 1.82) is 0 Å². The molecule has 0 fully saturated rings. The van der Waals surface area contributed by atoms with E-state index in [9.17, 15) is 8.42 Å². The van der Waals surface area contributed by atoms with Gasteiger partial charge in [0.15, 0.2) is 0 Å². The lowest BCUT2D eigenvalue weighted by Crippen LogP contribution is -2.25. The first-order chi connectivity index (χ1) is 12.3. The molecule has 0 saturated carbocycles. The Morgan fingerprint density at radius 3 is 2.54 bits per heavy atom. The van der Waals surface area contributed by atoms with E-state index < -0.39 is 10.0 Å². The summed E-state index contributed by atoms with van der Waals surface area (Å²) < 4.78 is 28.2. The fraction of sp³-hybridized carbons (Fsp3) is 0.211. The van der Waals surface area contributed by atoms with E-state index in [0.29, 0.717) is 13.0 Å². The topological polar surface area (TPSA) is 59.1 Å². The number of hydrogen-bond donors (Lipinski definition) is 1. The molecule has 0 unspecified atom stereocenters. The van der Waals surface area contributed by atoms with E-state index in [-0.39, 0.29) is 4.90 Å². The molecule has 0 radical (unpaired) electrons. The molecule has 0 aliphatic carbocycles. The molecule has 1 N–H and O–H groups in total. The zero-order chi connectivity index (χ0) is 18.7. The average molecular weight is 451 g/mol. The van der Waals surface area contributed by atoms with E-state index in [0.717, 1.165) is 25.6 Å². The maximum atomic E-state index is 12.3. The molecule has 0 bridgehead atoms. The molecule has 3 aromatic rings. The maximum Gasteiger partial charge on any atom is 0.240 e. The average Bonchev–Trinajstić information content (AvgIpc) is 2.96. The van der Waals surface area contributed by atoms with Crippen LogP contribution in [0, 0.1) is 13.8 Å². The lowest BCUT2D eigenvalue weighted by Gasteiger charge is -2.06. The van der Waals surface area contributed by atoms with Gasteiger partial charge in [0.2, 0.25) is 10.0 Å². The Kier molecular flexibility index (Phi) is 5.92. The number of aryl methyl sites for hydroxylation is 2. The van der Waals surface area contributed by atoms with Gasteiger partial charge >= 0.3 is 0 Å². The SMILES string of the molecule is Cc1cccc(-c2nc(C)c(CCNS(=O)(=O)c3ccc(Br)cc3)s2)c1. The molecule has 1 heterocycles. The summed E-state index contributed by atoms with van der Waals surface area (Å²) in [6, 6.07) is 14.8. The second-order valence-corrected chi connectivity index (χ2v) is 9.77. The molecule has 1 aromatic heterocycles. The fourth-order valence-corrected chi connectivity index (χ4v) is 4.91. The molecule has 2 aromatic carbocycles. The van der Waals surface area contributed by atoms with Crippen molar-refractivity contribution in [3.05, 3.63) is 69.1 Å². The van der Waals surface area contributed by atoms with Crippen molar-refractivity contribution in [3.8, 4) is 10.6 Å². The quantitative estimate of drug-likeness (QED) is 0.591. The molecule has 0 saturated heterocycles. The van der Waals surface area contributed by atoms with Gasteiger partial charge in [0.1, 0.15) is 5.01 Å². The van der Waals surface area contributed by atoms with Crippen LogP contribution in [0.5, 0.6) is 0 Å². The molecule has 136 valence electrons. The highest BCUT2D eigenvalue weighted by molar-refractivity contribution is 9.10. The van der Waals surface area contributed by atoms with Crippen LogP contribution in [0.4, 0.5) is 0 Å². The third-order valence-electron chi connectivity index (χ3n) is 3.93. The zero-order valence-corrected chi connectivity index (χ0v) is 17.7. The lowest BCUT2D eigenvalue weighted by molar-refractivity contribution is 0.581. The minimum absolute atomic E-state index is 0.266. The van der Waals surface area contributed by atoms with Crippen molar-refractivity contribution in [2.24, 2.45) is 0 Å². The van der Waals surface area contributed by atoms with Gasteiger partial charge in [-0.1, -0.05) is 39.7 Å². The van der Waals surface area contributed by atoms with Crippen molar-refractivity contribution in [2.45, 2.75) is 25.2 Å². The van der Waals surface area contributed by atoms with Crippen molar-refractivity contribution in [1.82, 2.24) is 9.71 Å². The second kappa shape index (κ2) is 8.00. The summed E-state index contributed by atoms with van der Waals surface area (Å²) >= 11 is 4.93. The third kappa shape index (κ3) is 4.59. The Balaban J connectivity index is 1.68. The molecule has 0 amide bonds. The maximum absolute atomic E-state index is 12.3. The summed E-state index contributed by atoms with van der Waals surface area (Å²) in [6.45, 7) is 4.37. The normalized spacial score (nSPS) is 11.7. The number of aromatic nitrogens is 1. The Labute approximate surface area is 166 Å². The summed E-state index contributed by atoms with van der Waals surface area (Å²) in [4.78, 5) is 6.00. The van der Waals surface area contributed by atoms with Crippen molar-refractivity contribution >= 4 is 37.3 Å². The van der Waals surface area contributed by atoms with Gasteiger partial charge in [0, 0.05) is 21.5 Å². The van der Waals surface area contributed by atoms with E-state index in [1.165, 1.54) is 5.56 Å². The van der Waals surface area contributed by atoms with Crippen LogP contribution < -0.4 is 4.72 Å². The predicted octanol–water partition coefficient (Wildman–Crippen LogP) is 4.71. The number of rotatable bonds is 6. The van der Waals surface area contributed by atoms with Gasteiger partial charge in [0.05, 0.1) is 10.6 Å². The summed E-state index contributed by atoms with van der Waals surface area (Å²) in [7, 11) is -3.50. The second-order valence-electron chi connectivity index (χ2n) is 6.00. The minimum Gasteiger partial charge on any atom is -0.241 e. The van der Waals surface area contributed by atoms with Gasteiger partial charge < -0.3 is 0 Å². The smallest absolute Gasteiger partial charge is 0.240 e. The summed E-state index contributed by atoms with van der Waals surface area (Å²) in [6.07, 6.45) is 0.616. The molecule has 26 heavy (non-hydrogen) atoms. The van der Waals surface area contributed by atoms with Crippen LogP contribution in [-0.4, -0.2) is 19.9 Å². The predicted molar refractivity (Wildman–Crippen MR) is 110 cm³/mol. The lowest BCUT2D eigenvalue weighted by atomic mass is 10.1. The van der Waals surface area contributed by atoms with Crippen LogP contribution >= 0.6 is 27.3 Å². The number of thiazole rings is 1. The highest BCUT2D eigenvalue weighted by Gasteiger charge is 2.15. The highest BCUT2D eigenvalue weighted by atomic mass is 79.9. The molecular weight excluding hydrogens is 432 g/mol. The molecule has 0 atom stereocenters. The fourth-order valence-electron chi connectivity index (χ4n) is 2.56. The Morgan fingerprint density at radius 1 is 1.12 bits per heavy atom. The number of benzene rings is 2. The first-order valence-corrected chi connectivity index (χ1v) is 11.2. The van der Waals surface area contributed by atoms with E-state index >= 15 is 0 Å². The largest absolute Gasteiger partial charge is 0.241 e. The summed E-state index contributed by atoms with van der Waals surface area (Å²) in [5.41, 5.74) is 3.24. The van der Waals surface area contributed by atoms with E-state index in [1.54, 1.807) is 35.6 Å². The number of hydrogen-bond acceptors (Lipinski definition) is 4. The van der Waals surface area contributed by atoms with Gasteiger partial charge in [0.25, 0.3) is 0 Å². The number of nitrogens with zero attached hydrogens (tertiary/aromatic N) is 1. The standard InChI is InChI=1S/C19H19BrN2O2S2/c1-13-4-3-5-15(12-13)19-22-14(2)18(25-19)10-11-21-26(23,24)17-8-6-16(20)7-9-17/h3-9,12,21H,10-11H2,1-2H3. The van der Waals surface area contributed by atoms with Gasteiger partial charge in [-0.2, -0.15) is 0 Å². The van der Waals surface area contributed by atoms with Crippen LogP contribution in [0.2, 0.25) is 0 Å². The Morgan fingerprint density at radius 2 is 1.85 bits per heavy atom. The van der Waals surface area contributed by atoms with Gasteiger partial charge in [-0.3, -0.25) is 0 Å². The van der Waals surface area contributed by atoms with E-state index in [4.69, 9.17) is 0 Å². The number of sulfonamides is 1. The summed E-state index contributed by atoms with van der Waals surface area (Å²) in [5, 5.41) is 0.969. The zero-order valence-electron chi connectivity index (χ0n) is 14.5. The van der Waals surface area contributed by atoms with Gasteiger partial charge in [-0.15, -0.1) is 11.3 Å². The molecule has 0 spiro atoms. The van der Waals surface area contributed by atoms with Crippen LogP contribution in [0.3, 0.4) is 0 Å². The monoisotopic (exact) mass is 450 g/mol. The first-order valence-electron chi connectivity index (χ1n) is 8.14. The number of nitrogens with one attached hydrogen (secondary N) is 1. The Hall–Kier alpha value is -1.54. The molecule has 7 heteroatoms. The van der Waals surface area contributed by atoms with Gasteiger partial charge in [-0.05, 0) is 50.6 Å². The van der Waals surface area contributed by atoms with Gasteiger partial charge in [-0.25, -0.2) is 18.1 Å². The molecule has 3 rings (SSSR count). The van der Waals surface area contributed by atoms with Crippen molar-refractivity contribution < 1.29 is 8.42 Å². The first kappa shape index (κ1) is 19.2. The van der Waals surface area contributed by atoms with E-state index in [2.05, 4.69) is 44.7 Å². The van der Waals surface area contributed by atoms with E-state index in [1.807, 2.05) is 19.1 Å². The Bertz CT molecular complexity index is 1010. The van der Waals surface area contributed by atoms with Crippen LogP contribution in [0.25, 0.3) is 10.6 Å². The summed E-state index contributed by atoms with van der Waals surface area (Å²) in [5.74, 6) is 0. The van der Waals surface area contributed by atoms with Crippen molar-refractivity contribution in [3.63, 3.8) is 0 Å². The molecule has 0 aliphatic heterocycles. The van der Waals surface area contributed by atoms with Crippen molar-refractivity contribution in [2.75, 3.05) is 6.54 Å². The third-order valence-corrected chi connectivity index (χ3v) is 7.20. The highest BCUT2D eigenvalue weighted by Crippen LogP contribution is 2.28. The minimum atomic E-state index is -3.50. The molecule has 4 nitrogen and oxygen atoms in total.